The van der Waals surface area contributed by atoms with Gasteiger partial charge in [-0.25, -0.2) is 0 Å². The summed E-state index contributed by atoms with van der Waals surface area (Å²) in [6.45, 7) is 5.30. The fourth-order valence-electron chi connectivity index (χ4n) is 1.98. The molecular formula is C10H16N4O2. The van der Waals surface area contributed by atoms with Crippen LogP contribution in [0.5, 0.6) is 0 Å². The van der Waals surface area contributed by atoms with Crippen LogP contribution in [-0.2, 0) is 4.79 Å². The van der Waals surface area contributed by atoms with Gasteiger partial charge in [0.2, 0.25) is 11.8 Å². The molecule has 1 aliphatic rings. The Labute approximate surface area is 93.8 Å². The molecule has 2 rings (SSSR count). The molecule has 0 bridgehead atoms. The molecule has 6 heteroatoms. The van der Waals surface area contributed by atoms with E-state index in [0.717, 1.165) is 19.4 Å². The van der Waals surface area contributed by atoms with Crippen molar-refractivity contribution in [1.29, 1.82) is 0 Å². The molecule has 1 atom stereocenters. The number of rotatable bonds is 3. The first-order chi connectivity index (χ1) is 7.66. The van der Waals surface area contributed by atoms with E-state index in [1.54, 1.807) is 6.92 Å². The first-order valence-corrected chi connectivity index (χ1v) is 5.48. The van der Waals surface area contributed by atoms with Crippen molar-refractivity contribution in [2.45, 2.75) is 26.7 Å². The van der Waals surface area contributed by atoms with Crippen LogP contribution in [0.1, 0.15) is 25.7 Å². The smallest absolute Gasteiger partial charge is 0.322 e. The highest BCUT2D eigenvalue weighted by molar-refractivity contribution is 5.94. The van der Waals surface area contributed by atoms with Gasteiger partial charge in [-0.15, -0.1) is 5.10 Å². The summed E-state index contributed by atoms with van der Waals surface area (Å²) in [5, 5.41) is 13.3. The molecular weight excluding hydrogens is 208 g/mol. The van der Waals surface area contributed by atoms with Crippen LogP contribution < -0.4 is 10.6 Å². The van der Waals surface area contributed by atoms with Crippen molar-refractivity contribution in [3.8, 4) is 0 Å². The number of amides is 1. The summed E-state index contributed by atoms with van der Waals surface area (Å²) in [6.07, 6.45) is 1.65. The van der Waals surface area contributed by atoms with E-state index in [0.29, 0.717) is 12.4 Å². The molecule has 0 radical (unpaired) electrons. The molecule has 6 nitrogen and oxygen atoms in total. The standard InChI is InChI=1S/C10H16N4O2/c1-3-10(4-5-11-6-10)8(15)12-9-14-13-7(2)16-9/h11H,3-6H2,1-2H3,(H,12,14,15). The van der Waals surface area contributed by atoms with Gasteiger partial charge in [0.15, 0.2) is 0 Å². The van der Waals surface area contributed by atoms with Crippen molar-refractivity contribution in [3.63, 3.8) is 0 Å². The molecule has 2 N–H and O–H groups in total. The second-order valence-electron chi connectivity index (χ2n) is 4.14. The van der Waals surface area contributed by atoms with Gasteiger partial charge in [-0.05, 0) is 19.4 Å². The Morgan fingerprint density at radius 2 is 2.44 bits per heavy atom. The summed E-state index contributed by atoms with van der Waals surface area (Å²) in [4.78, 5) is 12.1. The van der Waals surface area contributed by atoms with E-state index in [9.17, 15) is 4.79 Å². The molecule has 1 aromatic heterocycles. The van der Waals surface area contributed by atoms with Crippen LogP contribution in [0.3, 0.4) is 0 Å². The number of nitrogens with one attached hydrogen (secondary N) is 2. The Morgan fingerprint density at radius 3 is 2.94 bits per heavy atom. The Morgan fingerprint density at radius 1 is 1.62 bits per heavy atom. The van der Waals surface area contributed by atoms with Crippen LogP contribution in [0, 0.1) is 12.3 Å². The van der Waals surface area contributed by atoms with E-state index >= 15 is 0 Å². The fourth-order valence-corrected chi connectivity index (χ4v) is 1.98. The number of nitrogens with zero attached hydrogens (tertiary/aromatic N) is 2. The number of aromatic nitrogens is 2. The summed E-state index contributed by atoms with van der Waals surface area (Å²) in [6, 6.07) is 0.183. The zero-order valence-electron chi connectivity index (χ0n) is 9.54. The Kier molecular flexibility index (Phi) is 2.91. The van der Waals surface area contributed by atoms with Crippen LogP contribution in [0.15, 0.2) is 4.42 Å². The molecule has 1 unspecified atom stereocenters. The highest BCUT2D eigenvalue weighted by Crippen LogP contribution is 2.30. The summed E-state index contributed by atoms with van der Waals surface area (Å²) in [5.41, 5.74) is -0.331. The molecule has 0 aliphatic carbocycles. The van der Waals surface area contributed by atoms with E-state index < -0.39 is 0 Å². The van der Waals surface area contributed by atoms with Crippen molar-refractivity contribution in [2.75, 3.05) is 18.4 Å². The highest BCUT2D eigenvalue weighted by Gasteiger charge is 2.40. The van der Waals surface area contributed by atoms with E-state index in [-0.39, 0.29) is 17.3 Å². The molecule has 1 aromatic rings. The quantitative estimate of drug-likeness (QED) is 0.790. The Hall–Kier alpha value is -1.43. The lowest BCUT2D eigenvalue weighted by molar-refractivity contribution is -0.125. The third-order valence-corrected chi connectivity index (χ3v) is 3.15. The molecule has 16 heavy (non-hydrogen) atoms. The molecule has 2 heterocycles. The molecule has 88 valence electrons. The van der Waals surface area contributed by atoms with Crippen LogP contribution >= 0.6 is 0 Å². The average molecular weight is 224 g/mol. The van der Waals surface area contributed by atoms with Gasteiger partial charge in [0, 0.05) is 13.5 Å². The maximum Gasteiger partial charge on any atom is 0.322 e. The average Bonchev–Trinajstić information content (AvgIpc) is 2.88. The predicted molar refractivity (Wildman–Crippen MR) is 57.9 cm³/mol. The van der Waals surface area contributed by atoms with Crippen molar-refractivity contribution < 1.29 is 9.21 Å². The van der Waals surface area contributed by atoms with Crippen LogP contribution in [-0.4, -0.2) is 29.2 Å². The normalized spacial score (nSPS) is 24.6. The van der Waals surface area contributed by atoms with Crippen molar-refractivity contribution >= 4 is 11.9 Å². The number of carbonyl (C=O) groups excluding carboxylic acids is 1. The van der Waals surface area contributed by atoms with Gasteiger partial charge in [-0.2, -0.15) is 0 Å². The summed E-state index contributed by atoms with van der Waals surface area (Å²) in [5.74, 6) is 0.411. The molecule has 0 aromatic carbocycles. The lowest BCUT2D eigenvalue weighted by Crippen LogP contribution is -2.37. The number of hydrogen-bond donors (Lipinski definition) is 2. The molecule has 1 fully saturated rings. The summed E-state index contributed by atoms with van der Waals surface area (Å²) >= 11 is 0. The number of carbonyl (C=O) groups is 1. The molecule has 1 amide bonds. The number of aryl methyl sites for hydroxylation is 1. The Balaban J connectivity index is 2.07. The van der Waals surface area contributed by atoms with E-state index in [1.807, 2.05) is 6.92 Å². The molecule has 0 saturated carbocycles. The fraction of sp³-hybridized carbons (Fsp3) is 0.700. The maximum atomic E-state index is 12.1. The lowest BCUT2D eigenvalue weighted by atomic mass is 9.83. The van der Waals surface area contributed by atoms with Gasteiger partial charge in [0.1, 0.15) is 0 Å². The number of hydrogen-bond acceptors (Lipinski definition) is 5. The molecule has 0 spiro atoms. The first-order valence-electron chi connectivity index (χ1n) is 5.48. The summed E-state index contributed by atoms with van der Waals surface area (Å²) < 4.78 is 5.13. The van der Waals surface area contributed by atoms with Gasteiger partial charge >= 0.3 is 6.01 Å². The minimum absolute atomic E-state index is 0.0383. The zero-order chi connectivity index (χ0) is 11.6. The predicted octanol–water partition coefficient (Wildman–Crippen LogP) is 0.706. The van der Waals surface area contributed by atoms with E-state index in [4.69, 9.17) is 4.42 Å². The van der Waals surface area contributed by atoms with Gasteiger partial charge in [0.25, 0.3) is 0 Å². The van der Waals surface area contributed by atoms with Crippen molar-refractivity contribution in [1.82, 2.24) is 15.5 Å². The minimum Gasteiger partial charge on any atom is -0.408 e. The highest BCUT2D eigenvalue weighted by atomic mass is 16.4. The second kappa shape index (κ2) is 4.21. The van der Waals surface area contributed by atoms with Gasteiger partial charge in [0.05, 0.1) is 5.41 Å². The van der Waals surface area contributed by atoms with Crippen molar-refractivity contribution in [2.24, 2.45) is 5.41 Å². The maximum absolute atomic E-state index is 12.1. The summed E-state index contributed by atoms with van der Waals surface area (Å²) in [7, 11) is 0. The Bertz CT molecular complexity index is 382. The monoisotopic (exact) mass is 224 g/mol. The largest absolute Gasteiger partial charge is 0.408 e. The minimum atomic E-state index is -0.331. The zero-order valence-corrected chi connectivity index (χ0v) is 9.54. The lowest BCUT2D eigenvalue weighted by Gasteiger charge is -2.23. The van der Waals surface area contributed by atoms with E-state index in [1.165, 1.54) is 0 Å². The van der Waals surface area contributed by atoms with Gasteiger partial charge < -0.3 is 9.73 Å². The third kappa shape index (κ3) is 1.92. The first kappa shape index (κ1) is 11.1. The third-order valence-electron chi connectivity index (χ3n) is 3.15. The van der Waals surface area contributed by atoms with Crippen molar-refractivity contribution in [3.05, 3.63) is 5.89 Å². The number of anilines is 1. The van der Waals surface area contributed by atoms with Crippen LogP contribution in [0.4, 0.5) is 6.01 Å². The van der Waals surface area contributed by atoms with Gasteiger partial charge in [-0.3, -0.25) is 10.1 Å². The van der Waals surface area contributed by atoms with Gasteiger partial charge in [-0.1, -0.05) is 12.0 Å². The van der Waals surface area contributed by atoms with Crippen LogP contribution in [0.2, 0.25) is 0 Å². The molecule has 1 saturated heterocycles. The SMILES string of the molecule is CCC1(C(=O)Nc2nnc(C)o2)CCNC1. The van der Waals surface area contributed by atoms with Crippen LogP contribution in [0.25, 0.3) is 0 Å². The second-order valence-corrected chi connectivity index (χ2v) is 4.14. The topological polar surface area (TPSA) is 80.1 Å². The molecule has 1 aliphatic heterocycles. The van der Waals surface area contributed by atoms with E-state index in [2.05, 4.69) is 20.8 Å².